The smallest absolute Gasteiger partial charge is 0.272 e. The highest BCUT2D eigenvalue weighted by Crippen LogP contribution is 2.22. The number of benzene rings is 1. The zero-order valence-electron chi connectivity index (χ0n) is 10.1. The monoisotopic (exact) mass is 339 g/mol. The first-order valence-electron chi connectivity index (χ1n) is 5.61. The molecule has 4 nitrogen and oxygen atoms in total. The number of nitrogens with one attached hydrogen (secondary N) is 1. The fraction of sp³-hybridized carbons (Fsp3) is 0.154. The van der Waals surface area contributed by atoms with Crippen LogP contribution >= 0.6 is 27.5 Å². The summed E-state index contributed by atoms with van der Waals surface area (Å²) in [5.74, 6) is -0.307. The van der Waals surface area contributed by atoms with Crippen molar-refractivity contribution >= 4 is 33.4 Å². The lowest BCUT2D eigenvalue weighted by Crippen LogP contribution is -2.27. The number of carbonyl (C=O) groups excluding carboxylic acids is 1. The molecule has 1 aromatic carbocycles. The molecule has 1 unspecified atom stereocenters. The maximum Gasteiger partial charge on any atom is 0.272 e. The van der Waals surface area contributed by atoms with Gasteiger partial charge in [-0.05, 0) is 18.6 Å². The number of carbonyl (C=O) groups is 1. The zero-order valence-corrected chi connectivity index (χ0v) is 12.4. The largest absolute Gasteiger partial charge is 0.344 e. The Bertz CT molecular complexity index is 606. The first kappa shape index (κ1) is 14.0. The Labute approximate surface area is 124 Å². The van der Waals surface area contributed by atoms with Gasteiger partial charge in [-0.15, -0.1) is 0 Å². The van der Waals surface area contributed by atoms with Crippen molar-refractivity contribution in [3.63, 3.8) is 0 Å². The van der Waals surface area contributed by atoms with Crippen LogP contribution in [0, 0.1) is 0 Å². The van der Waals surface area contributed by atoms with E-state index in [0.717, 1.165) is 10.0 Å². The Hall–Kier alpha value is -1.46. The number of nitrogens with zero attached hydrogens (tertiary/aromatic N) is 2. The van der Waals surface area contributed by atoms with E-state index < -0.39 is 0 Å². The molecule has 0 aliphatic rings. The van der Waals surface area contributed by atoms with E-state index in [0.29, 0.717) is 0 Å². The summed E-state index contributed by atoms with van der Waals surface area (Å²) in [6.07, 6.45) is 2.77. The van der Waals surface area contributed by atoms with Crippen molar-refractivity contribution in [3.8, 4) is 0 Å². The quantitative estimate of drug-likeness (QED) is 0.932. The number of halogens is 2. The third-order valence-corrected chi connectivity index (χ3v) is 3.46. The van der Waals surface area contributed by atoms with E-state index in [4.69, 9.17) is 11.6 Å². The summed E-state index contributed by atoms with van der Waals surface area (Å²) in [5.41, 5.74) is 1.19. The molecule has 0 aliphatic carbocycles. The van der Waals surface area contributed by atoms with Gasteiger partial charge in [0.15, 0.2) is 0 Å². The standard InChI is InChI=1S/C13H11BrClN3O/c1-8(9-4-2-3-5-10(9)14)17-13(19)11-6-16-7-12(15)18-11/h2-8H,1H3,(H,17,19). The number of amides is 1. The van der Waals surface area contributed by atoms with Gasteiger partial charge in [0.05, 0.1) is 18.4 Å². The molecular formula is C13H11BrClN3O. The summed E-state index contributed by atoms with van der Waals surface area (Å²) in [6, 6.07) is 7.56. The van der Waals surface area contributed by atoms with Crippen LogP contribution < -0.4 is 5.32 Å². The molecule has 0 saturated carbocycles. The van der Waals surface area contributed by atoms with Crippen LogP contribution in [0.5, 0.6) is 0 Å². The fourth-order valence-corrected chi connectivity index (χ4v) is 2.40. The minimum Gasteiger partial charge on any atom is -0.344 e. The molecule has 0 radical (unpaired) electrons. The Morgan fingerprint density at radius 3 is 2.79 bits per heavy atom. The van der Waals surface area contributed by atoms with Gasteiger partial charge in [-0.25, -0.2) is 4.98 Å². The highest BCUT2D eigenvalue weighted by atomic mass is 79.9. The van der Waals surface area contributed by atoms with Crippen molar-refractivity contribution in [2.24, 2.45) is 0 Å². The third-order valence-electron chi connectivity index (χ3n) is 2.56. The summed E-state index contributed by atoms with van der Waals surface area (Å²) in [6.45, 7) is 1.90. The third kappa shape index (κ3) is 3.52. The minimum absolute atomic E-state index is 0.149. The molecule has 1 atom stereocenters. The summed E-state index contributed by atoms with van der Waals surface area (Å²) in [4.78, 5) is 19.8. The van der Waals surface area contributed by atoms with Crippen LogP contribution in [0.4, 0.5) is 0 Å². The number of hydrogen-bond acceptors (Lipinski definition) is 3. The van der Waals surface area contributed by atoms with Crippen molar-refractivity contribution in [2.45, 2.75) is 13.0 Å². The van der Waals surface area contributed by atoms with E-state index >= 15 is 0 Å². The molecule has 0 bridgehead atoms. The van der Waals surface area contributed by atoms with Gasteiger partial charge in [0, 0.05) is 4.47 Å². The molecule has 1 N–H and O–H groups in total. The lowest BCUT2D eigenvalue weighted by atomic mass is 10.1. The van der Waals surface area contributed by atoms with Crippen molar-refractivity contribution in [3.05, 3.63) is 57.5 Å². The summed E-state index contributed by atoms with van der Waals surface area (Å²) in [7, 11) is 0. The molecule has 0 saturated heterocycles. The van der Waals surface area contributed by atoms with Gasteiger partial charge in [0.25, 0.3) is 5.91 Å². The van der Waals surface area contributed by atoms with E-state index in [-0.39, 0.29) is 22.8 Å². The maximum atomic E-state index is 12.0. The normalized spacial score (nSPS) is 11.9. The van der Waals surface area contributed by atoms with Crippen LogP contribution in [0.1, 0.15) is 29.0 Å². The average molecular weight is 341 g/mol. The van der Waals surface area contributed by atoms with Crippen molar-refractivity contribution in [1.82, 2.24) is 15.3 Å². The summed E-state index contributed by atoms with van der Waals surface area (Å²) < 4.78 is 0.944. The molecule has 2 rings (SSSR count). The van der Waals surface area contributed by atoms with Crippen LogP contribution in [0.3, 0.4) is 0 Å². The molecule has 19 heavy (non-hydrogen) atoms. The topological polar surface area (TPSA) is 54.9 Å². The van der Waals surface area contributed by atoms with Crippen LogP contribution in [0.25, 0.3) is 0 Å². The second-order valence-corrected chi connectivity index (χ2v) is 5.19. The molecule has 98 valence electrons. The van der Waals surface area contributed by atoms with Gasteiger partial charge in [-0.3, -0.25) is 9.78 Å². The van der Waals surface area contributed by atoms with E-state index in [1.54, 1.807) is 0 Å². The predicted octanol–water partition coefficient (Wildman–Crippen LogP) is 3.38. The van der Waals surface area contributed by atoms with Crippen LogP contribution in [-0.2, 0) is 0 Å². The van der Waals surface area contributed by atoms with Crippen LogP contribution in [0.2, 0.25) is 5.15 Å². The molecule has 1 amide bonds. The lowest BCUT2D eigenvalue weighted by Gasteiger charge is -2.15. The summed E-state index contributed by atoms with van der Waals surface area (Å²) >= 11 is 9.16. The maximum absolute atomic E-state index is 12.0. The Kier molecular flexibility index (Phi) is 4.50. The van der Waals surface area contributed by atoms with Crippen LogP contribution in [-0.4, -0.2) is 15.9 Å². The van der Waals surface area contributed by atoms with Gasteiger partial charge >= 0.3 is 0 Å². The molecule has 0 fully saturated rings. The van der Waals surface area contributed by atoms with Gasteiger partial charge in [-0.1, -0.05) is 45.7 Å². The SMILES string of the molecule is CC(NC(=O)c1cncc(Cl)n1)c1ccccc1Br. The summed E-state index contributed by atoms with van der Waals surface area (Å²) in [5, 5.41) is 3.05. The lowest BCUT2D eigenvalue weighted by molar-refractivity contribution is 0.0934. The highest BCUT2D eigenvalue weighted by molar-refractivity contribution is 9.10. The van der Waals surface area contributed by atoms with Crippen molar-refractivity contribution in [1.29, 1.82) is 0 Å². The molecule has 1 aromatic heterocycles. The van der Waals surface area contributed by atoms with Gasteiger partial charge in [-0.2, -0.15) is 0 Å². The second-order valence-electron chi connectivity index (χ2n) is 3.94. The fourth-order valence-electron chi connectivity index (χ4n) is 1.63. The van der Waals surface area contributed by atoms with E-state index in [9.17, 15) is 4.79 Å². The minimum atomic E-state index is -0.307. The van der Waals surface area contributed by atoms with Gasteiger partial charge < -0.3 is 5.32 Å². The number of aromatic nitrogens is 2. The first-order chi connectivity index (χ1) is 9.08. The van der Waals surface area contributed by atoms with E-state index in [2.05, 4.69) is 31.2 Å². The molecule has 0 aliphatic heterocycles. The second kappa shape index (κ2) is 6.12. The first-order valence-corrected chi connectivity index (χ1v) is 6.78. The van der Waals surface area contributed by atoms with E-state index in [1.807, 2.05) is 31.2 Å². The molecule has 0 spiro atoms. The Balaban J connectivity index is 2.13. The molecule has 1 heterocycles. The molecular weight excluding hydrogens is 330 g/mol. The van der Waals surface area contributed by atoms with E-state index in [1.165, 1.54) is 12.4 Å². The van der Waals surface area contributed by atoms with Crippen LogP contribution in [0.15, 0.2) is 41.1 Å². The average Bonchev–Trinajstić information content (AvgIpc) is 2.39. The number of rotatable bonds is 3. The number of hydrogen-bond donors (Lipinski definition) is 1. The van der Waals surface area contributed by atoms with Gasteiger partial charge in [0.1, 0.15) is 10.8 Å². The highest BCUT2D eigenvalue weighted by Gasteiger charge is 2.14. The Morgan fingerprint density at radius 2 is 2.11 bits per heavy atom. The van der Waals surface area contributed by atoms with Crippen molar-refractivity contribution < 1.29 is 4.79 Å². The van der Waals surface area contributed by atoms with Crippen molar-refractivity contribution in [2.75, 3.05) is 0 Å². The molecule has 2 aromatic rings. The van der Waals surface area contributed by atoms with Gasteiger partial charge in [0.2, 0.25) is 0 Å². The predicted molar refractivity (Wildman–Crippen MR) is 77.1 cm³/mol. The zero-order chi connectivity index (χ0) is 13.8. The Morgan fingerprint density at radius 1 is 1.37 bits per heavy atom. The molecule has 6 heteroatoms.